The molecule has 0 aliphatic rings. The van der Waals surface area contributed by atoms with Gasteiger partial charge in [-0.25, -0.2) is 4.68 Å². The number of aromatic nitrogens is 4. The Labute approximate surface area is 114 Å². The molecule has 110 valence electrons. The van der Waals surface area contributed by atoms with Crippen LogP contribution in [0.1, 0.15) is 25.7 Å². The average Bonchev–Trinajstić information content (AvgIpc) is 2.84. The van der Waals surface area contributed by atoms with Crippen LogP contribution in [-0.4, -0.2) is 50.3 Å². The van der Waals surface area contributed by atoms with E-state index < -0.39 is 8.80 Å². The molecule has 1 heterocycles. The van der Waals surface area contributed by atoms with E-state index in [1.807, 2.05) is 0 Å². The van der Waals surface area contributed by atoms with Crippen molar-refractivity contribution in [2.75, 3.05) is 27.1 Å². The van der Waals surface area contributed by atoms with Gasteiger partial charge in [-0.15, -0.1) is 0 Å². The normalized spacial score (nSPS) is 11.9. The Morgan fingerprint density at radius 2 is 1.68 bits per heavy atom. The maximum atomic E-state index is 5.58. The highest BCUT2D eigenvalue weighted by Gasteiger charge is 2.36. The monoisotopic (exact) mass is 289 g/mol. The molecule has 0 unspecified atom stereocenters. The van der Waals surface area contributed by atoms with Crippen LogP contribution in [0, 0.1) is 0 Å². The predicted molar refractivity (Wildman–Crippen MR) is 72.3 cm³/mol. The quantitative estimate of drug-likeness (QED) is 0.500. The van der Waals surface area contributed by atoms with Gasteiger partial charge in [0.25, 0.3) is 0 Å². The molecule has 0 saturated heterocycles. The van der Waals surface area contributed by atoms with Gasteiger partial charge in [0.2, 0.25) is 5.95 Å². The van der Waals surface area contributed by atoms with E-state index >= 15 is 0 Å². The molecule has 0 aliphatic heterocycles. The summed E-state index contributed by atoms with van der Waals surface area (Å²) in [5, 5.41) is 10.9. The molecule has 8 nitrogen and oxygen atoms in total. The van der Waals surface area contributed by atoms with Gasteiger partial charge >= 0.3 is 8.80 Å². The number of tetrazole rings is 1. The van der Waals surface area contributed by atoms with Gasteiger partial charge in [-0.2, -0.15) is 0 Å². The minimum atomic E-state index is -2.40. The van der Waals surface area contributed by atoms with Crippen molar-refractivity contribution < 1.29 is 13.3 Å². The van der Waals surface area contributed by atoms with Crippen LogP contribution >= 0.6 is 0 Å². The largest absolute Gasteiger partial charge is 0.500 e. The Morgan fingerprint density at radius 1 is 1.05 bits per heavy atom. The van der Waals surface area contributed by atoms with Gasteiger partial charge in [0.1, 0.15) is 0 Å². The van der Waals surface area contributed by atoms with E-state index in [-0.39, 0.29) is 0 Å². The first-order valence-corrected chi connectivity index (χ1v) is 8.27. The van der Waals surface area contributed by atoms with E-state index in [4.69, 9.17) is 19.0 Å². The first kappa shape index (κ1) is 16.0. The zero-order valence-corrected chi connectivity index (χ0v) is 12.8. The zero-order chi connectivity index (χ0) is 14.1. The molecule has 9 heteroatoms. The fraction of sp³-hybridized carbons (Fsp3) is 0.900. The number of rotatable bonds is 10. The third kappa shape index (κ3) is 4.86. The number of hydrogen-bond acceptors (Lipinski definition) is 7. The highest BCUT2D eigenvalue weighted by atomic mass is 28.4. The van der Waals surface area contributed by atoms with Crippen molar-refractivity contribution >= 4 is 14.8 Å². The second kappa shape index (κ2) is 8.20. The number of unbranched alkanes of at least 4 members (excludes halogenated alkanes) is 3. The molecule has 0 bridgehead atoms. The first-order chi connectivity index (χ1) is 9.17. The molecule has 0 atom stereocenters. The molecule has 0 radical (unpaired) electrons. The minimum Gasteiger partial charge on any atom is -0.377 e. The summed E-state index contributed by atoms with van der Waals surface area (Å²) in [5.74, 6) is 0.365. The summed E-state index contributed by atoms with van der Waals surface area (Å²) in [6.07, 6.45) is 4.19. The number of nitrogen functional groups attached to an aromatic ring is 1. The lowest BCUT2D eigenvalue weighted by atomic mass is 10.2. The van der Waals surface area contributed by atoms with Crippen LogP contribution < -0.4 is 5.73 Å². The van der Waals surface area contributed by atoms with Gasteiger partial charge in [0, 0.05) is 33.9 Å². The van der Waals surface area contributed by atoms with E-state index in [0.717, 1.165) is 38.3 Å². The van der Waals surface area contributed by atoms with E-state index in [2.05, 4.69) is 15.5 Å². The van der Waals surface area contributed by atoms with Crippen LogP contribution in [-0.2, 0) is 19.8 Å². The topological polar surface area (TPSA) is 97.3 Å². The van der Waals surface area contributed by atoms with E-state index in [9.17, 15) is 0 Å². The summed E-state index contributed by atoms with van der Waals surface area (Å²) in [5.41, 5.74) is 5.58. The molecular formula is C10H23N5O3Si. The van der Waals surface area contributed by atoms with Crippen molar-refractivity contribution in [2.24, 2.45) is 0 Å². The Kier molecular flexibility index (Phi) is 6.92. The third-order valence-corrected chi connectivity index (χ3v) is 5.93. The zero-order valence-electron chi connectivity index (χ0n) is 11.8. The predicted octanol–water partition coefficient (Wildman–Crippen LogP) is 0.694. The standard InChI is InChI=1S/C10H23N5O3Si/c1-16-19(17-2,18-3)9-7-5-4-6-8-15-10(11)12-13-14-15/h4-9H2,1-3H3,(H2,11,12,14). The van der Waals surface area contributed by atoms with E-state index in [0.29, 0.717) is 5.95 Å². The molecule has 0 saturated carbocycles. The molecule has 0 fully saturated rings. The van der Waals surface area contributed by atoms with Crippen molar-refractivity contribution in [1.82, 2.24) is 20.2 Å². The maximum absolute atomic E-state index is 5.58. The smallest absolute Gasteiger partial charge is 0.377 e. The average molecular weight is 289 g/mol. The van der Waals surface area contributed by atoms with Crippen LogP contribution in [0.25, 0.3) is 0 Å². The molecule has 2 N–H and O–H groups in total. The number of nitrogens with two attached hydrogens (primary N) is 1. The highest BCUT2D eigenvalue weighted by Crippen LogP contribution is 2.17. The number of nitrogens with zero attached hydrogens (tertiary/aromatic N) is 4. The Bertz CT molecular complexity index is 350. The summed E-state index contributed by atoms with van der Waals surface area (Å²) in [4.78, 5) is 0. The molecule has 19 heavy (non-hydrogen) atoms. The number of aryl methyl sites for hydroxylation is 1. The van der Waals surface area contributed by atoms with E-state index in [1.54, 1.807) is 26.0 Å². The Hall–Kier alpha value is -1.03. The molecule has 0 spiro atoms. The first-order valence-electron chi connectivity index (χ1n) is 6.34. The van der Waals surface area contributed by atoms with Crippen LogP contribution in [0.5, 0.6) is 0 Å². The fourth-order valence-electron chi connectivity index (χ4n) is 1.88. The van der Waals surface area contributed by atoms with Gasteiger partial charge in [-0.05, 0) is 23.3 Å². The Morgan fingerprint density at radius 3 is 2.21 bits per heavy atom. The van der Waals surface area contributed by atoms with Crippen molar-refractivity contribution in [3.8, 4) is 0 Å². The second-order valence-electron chi connectivity index (χ2n) is 4.22. The van der Waals surface area contributed by atoms with Gasteiger partial charge in [-0.3, -0.25) is 0 Å². The summed E-state index contributed by atoms with van der Waals surface area (Å²) in [6, 6.07) is 0.837. The van der Waals surface area contributed by atoms with Crippen LogP contribution in [0.2, 0.25) is 6.04 Å². The second-order valence-corrected chi connectivity index (χ2v) is 7.31. The summed E-state index contributed by atoms with van der Waals surface area (Å²) < 4.78 is 17.7. The van der Waals surface area contributed by atoms with Gasteiger partial charge in [0.15, 0.2) is 0 Å². The minimum absolute atomic E-state index is 0.365. The van der Waals surface area contributed by atoms with Gasteiger partial charge in [0.05, 0.1) is 0 Å². The lowest BCUT2D eigenvalue weighted by Crippen LogP contribution is -2.42. The van der Waals surface area contributed by atoms with Crippen molar-refractivity contribution in [1.29, 1.82) is 0 Å². The van der Waals surface area contributed by atoms with E-state index in [1.165, 1.54) is 0 Å². The van der Waals surface area contributed by atoms with Crippen molar-refractivity contribution in [3.05, 3.63) is 0 Å². The number of hydrogen-bond donors (Lipinski definition) is 1. The molecule has 0 aromatic carbocycles. The molecule has 1 aromatic rings. The Balaban J connectivity index is 2.13. The van der Waals surface area contributed by atoms with Crippen molar-refractivity contribution in [2.45, 2.75) is 38.3 Å². The van der Waals surface area contributed by atoms with Crippen LogP contribution in [0.3, 0.4) is 0 Å². The fourth-order valence-corrected chi connectivity index (χ4v) is 3.68. The number of anilines is 1. The molecular weight excluding hydrogens is 266 g/mol. The molecule has 1 rings (SSSR count). The summed E-state index contributed by atoms with van der Waals surface area (Å²) >= 11 is 0. The third-order valence-electron chi connectivity index (χ3n) is 3.10. The summed E-state index contributed by atoms with van der Waals surface area (Å²) in [6.45, 7) is 0.750. The molecule has 0 amide bonds. The van der Waals surface area contributed by atoms with Crippen LogP contribution in [0.15, 0.2) is 0 Å². The lowest BCUT2D eigenvalue weighted by molar-refractivity contribution is 0.122. The van der Waals surface area contributed by atoms with Crippen LogP contribution in [0.4, 0.5) is 5.95 Å². The maximum Gasteiger partial charge on any atom is 0.500 e. The highest BCUT2D eigenvalue weighted by molar-refractivity contribution is 6.60. The van der Waals surface area contributed by atoms with Gasteiger partial charge < -0.3 is 19.0 Å². The summed E-state index contributed by atoms with van der Waals surface area (Å²) in [7, 11) is 2.52. The van der Waals surface area contributed by atoms with Crippen molar-refractivity contribution in [3.63, 3.8) is 0 Å². The molecule has 1 aromatic heterocycles. The lowest BCUT2D eigenvalue weighted by Gasteiger charge is -2.24. The van der Waals surface area contributed by atoms with Gasteiger partial charge in [-0.1, -0.05) is 17.9 Å². The molecule has 0 aliphatic carbocycles. The SMILES string of the molecule is CO[Si](CCCCCCn1nnnc1N)(OC)OC.